The van der Waals surface area contributed by atoms with Gasteiger partial charge in [0, 0.05) is 16.2 Å². The van der Waals surface area contributed by atoms with Crippen molar-refractivity contribution in [2.45, 2.75) is 12.1 Å². The lowest BCUT2D eigenvalue weighted by Gasteiger charge is -2.12. The predicted molar refractivity (Wildman–Crippen MR) is 69.7 cm³/mol. The van der Waals surface area contributed by atoms with Crippen LogP contribution >= 0.6 is 27.5 Å². The number of benzene rings is 1. The first kappa shape index (κ1) is 14.3. The molecule has 0 radical (unpaired) electrons. The first-order chi connectivity index (χ1) is 8.91. The summed E-state index contributed by atoms with van der Waals surface area (Å²) in [4.78, 5) is 7.88. The van der Waals surface area contributed by atoms with E-state index in [1.54, 1.807) is 6.07 Å². The SMILES string of the molecule is FC(F)(F)c1cc(Br)ccc1-c1nccc(CCl)n1. The largest absolute Gasteiger partial charge is 0.417 e. The first-order valence-electron chi connectivity index (χ1n) is 5.17. The van der Waals surface area contributed by atoms with Crippen LogP contribution in [0.1, 0.15) is 11.3 Å². The molecular weight excluding hydrogens is 344 g/mol. The molecule has 2 rings (SSSR count). The normalized spacial score (nSPS) is 11.6. The van der Waals surface area contributed by atoms with E-state index >= 15 is 0 Å². The van der Waals surface area contributed by atoms with Gasteiger partial charge in [-0.1, -0.05) is 15.9 Å². The standard InChI is InChI=1S/C12H7BrClF3N2/c13-7-1-2-9(10(5-7)12(15,16)17)11-18-4-3-8(6-14)19-11/h1-5H,6H2. The second-order valence-electron chi connectivity index (χ2n) is 3.69. The number of nitrogens with zero attached hydrogens (tertiary/aromatic N) is 2. The Morgan fingerprint density at radius 2 is 1.95 bits per heavy atom. The van der Waals surface area contributed by atoms with Gasteiger partial charge in [0.15, 0.2) is 5.82 Å². The first-order valence-corrected chi connectivity index (χ1v) is 6.49. The Bertz CT molecular complexity index is 602. The Hall–Kier alpha value is -1.14. The zero-order chi connectivity index (χ0) is 14.0. The molecule has 2 aromatic rings. The Morgan fingerprint density at radius 1 is 1.21 bits per heavy atom. The second-order valence-corrected chi connectivity index (χ2v) is 4.88. The summed E-state index contributed by atoms with van der Waals surface area (Å²) in [5.41, 5.74) is -0.376. The fourth-order valence-electron chi connectivity index (χ4n) is 1.55. The van der Waals surface area contributed by atoms with Gasteiger partial charge >= 0.3 is 6.18 Å². The predicted octanol–water partition coefficient (Wildman–Crippen LogP) is 4.66. The Balaban J connectivity index is 2.61. The van der Waals surface area contributed by atoms with Crippen LogP contribution in [0, 0.1) is 0 Å². The summed E-state index contributed by atoms with van der Waals surface area (Å²) >= 11 is 8.65. The molecule has 0 aliphatic carbocycles. The van der Waals surface area contributed by atoms with Crippen molar-refractivity contribution in [1.82, 2.24) is 9.97 Å². The highest BCUT2D eigenvalue weighted by Crippen LogP contribution is 2.37. The molecular formula is C12H7BrClF3N2. The Labute approximate surface area is 120 Å². The van der Waals surface area contributed by atoms with Gasteiger partial charge in [-0.15, -0.1) is 11.6 Å². The molecule has 0 spiro atoms. The maximum Gasteiger partial charge on any atom is 0.417 e. The molecule has 0 bridgehead atoms. The fourth-order valence-corrected chi connectivity index (χ4v) is 2.06. The molecule has 0 aliphatic heterocycles. The highest BCUT2D eigenvalue weighted by atomic mass is 79.9. The minimum atomic E-state index is -4.47. The summed E-state index contributed by atoms with van der Waals surface area (Å²) in [6.45, 7) is 0. The monoisotopic (exact) mass is 350 g/mol. The molecule has 100 valence electrons. The maximum absolute atomic E-state index is 13.0. The average Bonchev–Trinajstić information content (AvgIpc) is 2.37. The molecule has 1 heterocycles. The lowest BCUT2D eigenvalue weighted by molar-refractivity contribution is -0.137. The van der Waals surface area contributed by atoms with Crippen molar-refractivity contribution in [3.63, 3.8) is 0 Å². The molecule has 0 N–H and O–H groups in total. The van der Waals surface area contributed by atoms with Crippen LogP contribution in [-0.4, -0.2) is 9.97 Å². The van der Waals surface area contributed by atoms with E-state index in [2.05, 4.69) is 25.9 Å². The Morgan fingerprint density at radius 3 is 2.58 bits per heavy atom. The molecule has 7 heteroatoms. The minimum absolute atomic E-state index is 0.0120. The number of hydrogen-bond acceptors (Lipinski definition) is 2. The van der Waals surface area contributed by atoms with E-state index in [1.165, 1.54) is 18.3 Å². The molecule has 1 aromatic carbocycles. The van der Waals surface area contributed by atoms with E-state index < -0.39 is 11.7 Å². The van der Waals surface area contributed by atoms with Crippen molar-refractivity contribution < 1.29 is 13.2 Å². The smallest absolute Gasteiger partial charge is 0.237 e. The van der Waals surface area contributed by atoms with Crippen LogP contribution in [0.2, 0.25) is 0 Å². The molecule has 0 fully saturated rings. The summed E-state index contributed by atoms with van der Waals surface area (Å²) in [5.74, 6) is 0.130. The second kappa shape index (κ2) is 5.46. The highest BCUT2D eigenvalue weighted by molar-refractivity contribution is 9.10. The van der Waals surface area contributed by atoms with Gasteiger partial charge in [-0.05, 0) is 24.3 Å². The summed E-state index contributed by atoms with van der Waals surface area (Å²) in [6, 6.07) is 5.41. The number of aromatic nitrogens is 2. The lowest BCUT2D eigenvalue weighted by Crippen LogP contribution is -2.08. The Kier molecular flexibility index (Phi) is 4.10. The maximum atomic E-state index is 13.0. The van der Waals surface area contributed by atoms with Crippen LogP contribution < -0.4 is 0 Å². The molecule has 0 atom stereocenters. The third-order valence-electron chi connectivity index (χ3n) is 2.38. The van der Waals surface area contributed by atoms with Gasteiger partial charge in [-0.3, -0.25) is 0 Å². The van der Waals surface area contributed by atoms with Gasteiger partial charge < -0.3 is 0 Å². The van der Waals surface area contributed by atoms with Gasteiger partial charge in [0.2, 0.25) is 0 Å². The van der Waals surface area contributed by atoms with Gasteiger partial charge in [-0.2, -0.15) is 13.2 Å². The number of halogens is 5. The third kappa shape index (κ3) is 3.25. The summed E-state index contributed by atoms with van der Waals surface area (Å²) in [6.07, 6.45) is -3.08. The zero-order valence-corrected chi connectivity index (χ0v) is 11.7. The van der Waals surface area contributed by atoms with Gasteiger partial charge in [0.25, 0.3) is 0 Å². The highest BCUT2D eigenvalue weighted by Gasteiger charge is 2.34. The van der Waals surface area contributed by atoms with E-state index in [-0.39, 0.29) is 17.3 Å². The zero-order valence-electron chi connectivity index (χ0n) is 9.38. The molecule has 0 aliphatic rings. The van der Waals surface area contributed by atoms with Crippen molar-refractivity contribution in [2.75, 3.05) is 0 Å². The van der Waals surface area contributed by atoms with E-state index in [9.17, 15) is 13.2 Å². The third-order valence-corrected chi connectivity index (χ3v) is 3.15. The number of rotatable bonds is 2. The van der Waals surface area contributed by atoms with Crippen LogP contribution in [0.3, 0.4) is 0 Å². The van der Waals surface area contributed by atoms with Crippen LogP contribution in [0.15, 0.2) is 34.9 Å². The van der Waals surface area contributed by atoms with Gasteiger partial charge in [0.05, 0.1) is 17.1 Å². The van der Waals surface area contributed by atoms with Gasteiger partial charge in [-0.25, -0.2) is 9.97 Å². The molecule has 19 heavy (non-hydrogen) atoms. The van der Waals surface area contributed by atoms with Crippen LogP contribution in [0.25, 0.3) is 11.4 Å². The van der Waals surface area contributed by atoms with Gasteiger partial charge in [0.1, 0.15) is 0 Å². The van der Waals surface area contributed by atoms with Crippen molar-refractivity contribution in [3.05, 3.63) is 46.2 Å². The minimum Gasteiger partial charge on any atom is -0.237 e. The molecule has 1 aromatic heterocycles. The molecule has 0 saturated carbocycles. The van der Waals surface area contributed by atoms with E-state index in [0.29, 0.717) is 10.2 Å². The van der Waals surface area contributed by atoms with Crippen LogP contribution in [-0.2, 0) is 12.1 Å². The molecule has 2 nitrogen and oxygen atoms in total. The van der Waals surface area contributed by atoms with E-state index in [0.717, 1.165) is 6.07 Å². The summed E-state index contributed by atoms with van der Waals surface area (Å²) in [7, 11) is 0. The number of alkyl halides is 4. The van der Waals surface area contributed by atoms with Crippen LogP contribution in [0.5, 0.6) is 0 Å². The topological polar surface area (TPSA) is 25.8 Å². The fraction of sp³-hybridized carbons (Fsp3) is 0.167. The summed E-state index contributed by atoms with van der Waals surface area (Å²) in [5, 5.41) is 0. The lowest BCUT2D eigenvalue weighted by atomic mass is 10.1. The van der Waals surface area contributed by atoms with Crippen molar-refractivity contribution in [2.24, 2.45) is 0 Å². The molecule has 0 amide bonds. The molecule has 0 saturated heterocycles. The summed E-state index contributed by atoms with van der Waals surface area (Å²) < 4.78 is 39.3. The van der Waals surface area contributed by atoms with Crippen molar-refractivity contribution in [3.8, 4) is 11.4 Å². The van der Waals surface area contributed by atoms with Crippen molar-refractivity contribution in [1.29, 1.82) is 0 Å². The molecule has 0 unspecified atom stereocenters. The average molecular weight is 352 g/mol. The number of hydrogen-bond donors (Lipinski definition) is 0. The quantitative estimate of drug-likeness (QED) is 0.735. The van der Waals surface area contributed by atoms with Crippen LogP contribution in [0.4, 0.5) is 13.2 Å². The van der Waals surface area contributed by atoms with Crippen molar-refractivity contribution >= 4 is 27.5 Å². The van der Waals surface area contributed by atoms with E-state index in [4.69, 9.17) is 11.6 Å². The van der Waals surface area contributed by atoms with E-state index in [1.807, 2.05) is 0 Å².